The molecule has 4 aliphatic heterocycles. The van der Waals surface area contributed by atoms with Crippen molar-refractivity contribution in [3.8, 4) is 11.5 Å². The third kappa shape index (κ3) is 4.61. The number of nitrogens with one attached hydrogen (secondary N) is 3. The van der Waals surface area contributed by atoms with Gasteiger partial charge in [-0.05, 0) is 56.6 Å². The number of pyridine rings is 1. The number of aliphatic hydroxyl groups excluding tert-OH is 1. The number of carbonyl (C=O) groups is 1. The number of fused-ring (bicyclic) bond motifs is 4. The fourth-order valence-corrected chi connectivity index (χ4v) is 5.84. The van der Waals surface area contributed by atoms with Crippen LogP contribution < -0.4 is 16.0 Å². The Bertz CT molecular complexity index is 1630. The number of aromatic nitrogens is 5. The van der Waals surface area contributed by atoms with Gasteiger partial charge >= 0.3 is 6.05 Å². The summed E-state index contributed by atoms with van der Waals surface area (Å²) in [4.78, 5) is 31.9. The van der Waals surface area contributed by atoms with Crippen LogP contribution in [0.25, 0.3) is 11.5 Å². The molecule has 0 saturated carbocycles. The van der Waals surface area contributed by atoms with Gasteiger partial charge in [0, 0.05) is 11.6 Å². The van der Waals surface area contributed by atoms with E-state index in [9.17, 15) is 18.7 Å². The third-order valence-electron chi connectivity index (χ3n) is 8.28. The lowest BCUT2D eigenvalue weighted by atomic mass is 9.71. The van der Waals surface area contributed by atoms with Crippen LogP contribution in [0.4, 0.5) is 26.4 Å². The van der Waals surface area contributed by atoms with Crippen LogP contribution in [-0.4, -0.2) is 67.2 Å². The number of piperidine rings is 3. The molecule has 2 bridgehead atoms. The summed E-state index contributed by atoms with van der Waals surface area (Å²) in [6, 6.07) is 7.88. The Kier molecular flexibility index (Phi) is 6.31. The lowest BCUT2D eigenvalue weighted by molar-refractivity contribution is -0.0278. The number of halogens is 2. The Morgan fingerprint density at radius 2 is 1.79 bits per heavy atom. The van der Waals surface area contributed by atoms with Crippen LogP contribution in [0, 0.1) is 0 Å². The monoisotopic (exact) mass is 575 g/mol. The van der Waals surface area contributed by atoms with Crippen LogP contribution in [0.1, 0.15) is 52.7 Å². The molecule has 3 aromatic heterocycles. The van der Waals surface area contributed by atoms with E-state index in [0.717, 1.165) is 44.5 Å². The Labute approximate surface area is 238 Å². The van der Waals surface area contributed by atoms with Gasteiger partial charge in [-0.3, -0.25) is 10.1 Å². The summed E-state index contributed by atoms with van der Waals surface area (Å²) in [5.41, 5.74) is 0.234. The minimum atomic E-state index is -3.59. The molecule has 0 radical (unpaired) electrons. The molecule has 4 aliphatic rings. The van der Waals surface area contributed by atoms with Gasteiger partial charge in [0.25, 0.3) is 11.8 Å². The Morgan fingerprint density at radius 1 is 1.02 bits per heavy atom. The summed E-state index contributed by atoms with van der Waals surface area (Å²) < 4.78 is 34.2. The highest BCUT2D eigenvalue weighted by Crippen LogP contribution is 2.42. The number of alkyl halides is 2. The maximum atomic E-state index is 14.2. The molecule has 0 spiro atoms. The van der Waals surface area contributed by atoms with Crippen molar-refractivity contribution < 1.29 is 23.2 Å². The number of hydrogen-bond acceptors (Lipinski definition) is 11. The van der Waals surface area contributed by atoms with E-state index in [0.29, 0.717) is 11.4 Å². The summed E-state index contributed by atoms with van der Waals surface area (Å²) in [6.45, 7) is 2.76. The molecule has 4 aromatic rings. The van der Waals surface area contributed by atoms with Crippen LogP contribution in [0.3, 0.4) is 0 Å². The molecule has 0 unspecified atom stereocenters. The van der Waals surface area contributed by atoms with Crippen LogP contribution in [0.15, 0.2) is 53.2 Å². The molecule has 1 aromatic carbocycles. The van der Waals surface area contributed by atoms with Gasteiger partial charge in [0.1, 0.15) is 22.9 Å². The van der Waals surface area contributed by atoms with Gasteiger partial charge in [-0.1, -0.05) is 35.5 Å². The average Bonchev–Trinajstić information content (AvgIpc) is 3.60. The zero-order chi connectivity index (χ0) is 28.9. The highest BCUT2D eigenvalue weighted by Gasteiger charge is 2.46. The molecule has 12 nitrogen and oxygen atoms in total. The van der Waals surface area contributed by atoms with E-state index < -0.39 is 23.7 Å². The first-order chi connectivity index (χ1) is 20.3. The van der Waals surface area contributed by atoms with E-state index in [4.69, 9.17) is 9.51 Å². The van der Waals surface area contributed by atoms with Crippen LogP contribution >= 0.6 is 0 Å². The third-order valence-corrected chi connectivity index (χ3v) is 8.28. The van der Waals surface area contributed by atoms with E-state index >= 15 is 0 Å². The van der Waals surface area contributed by atoms with Crippen molar-refractivity contribution in [2.75, 3.05) is 36.9 Å². The zero-order valence-electron chi connectivity index (χ0n) is 22.3. The van der Waals surface area contributed by atoms with E-state index in [1.165, 1.54) is 18.3 Å². The number of anilines is 3. The van der Waals surface area contributed by atoms with Gasteiger partial charge in [0.15, 0.2) is 5.82 Å². The molecular weight excluding hydrogens is 548 g/mol. The minimum Gasteiger partial charge on any atom is -0.394 e. The Balaban J connectivity index is 1.23. The standard InChI is InChI=1S/C28H27F2N9O3/c29-28(30)21-17(23(41)37-28)6-7-20(33-21)34-26-31-14-18(22(35-26)32-19(15-40)16-4-2-1-3-5-16)24-36-25(38-42-24)27-8-11-39(12-9-27)13-10-27/h1-7,14,19,40H,8-13,15H2,(H,37,41)(H2,31,32,33,34,35)/t19-/m1/s1. The topological polar surface area (TPSA) is 154 Å². The molecular formula is C28H27F2N9O3. The molecule has 216 valence electrons. The summed E-state index contributed by atoms with van der Waals surface area (Å²) in [6.07, 6.45) is 4.38. The van der Waals surface area contributed by atoms with E-state index in [1.807, 2.05) is 30.3 Å². The summed E-state index contributed by atoms with van der Waals surface area (Å²) in [7, 11) is 0. The molecule has 7 heterocycles. The first-order valence-corrected chi connectivity index (χ1v) is 13.7. The zero-order valence-corrected chi connectivity index (χ0v) is 22.3. The molecule has 14 heteroatoms. The van der Waals surface area contributed by atoms with E-state index in [-0.39, 0.29) is 41.1 Å². The van der Waals surface area contributed by atoms with Crippen LogP contribution in [0.2, 0.25) is 0 Å². The highest BCUT2D eigenvalue weighted by atomic mass is 19.3. The van der Waals surface area contributed by atoms with Gasteiger partial charge < -0.3 is 25.2 Å². The molecule has 0 aliphatic carbocycles. The average molecular weight is 576 g/mol. The largest absolute Gasteiger partial charge is 0.394 e. The number of benzene rings is 1. The summed E-state index contributed by atoms with van der Waals surface area (Å²) in [5, 5.41) is 22.3. The quantitative estimate of drug-likeness (QED) is 0.229. The van der Waals surface area contributed by atoms with Gasteiger partial charge in [-0.2, -0.15) is 18.7 Å². The molecule has 1 amide bonds. The fourth-order valence-electron chi connectivity index (χ4n) is 5.84. The first-order valence-electron chi connectivity index (χ1n) is 13.7. The van der Waals surface area contributed by atoms with Crippen molar-refractivity contribution in [1.29, 1.82) is 0 Å². The molecule has 8 rings (SSSR count). The molecule has 42 heavy (non-hydrogen) atoms. The van der Waals surface area contributed by atoms with Crippen molar-refractivity contribution in [2.45, 2.75) is 36.8 Å². The second kappa shape index (κ2) is 10.1. The van der Waals surface area contributed by atoms with Crippen molar-refractivity contribution >= 4 is 23.5 Å². The van der Waals surface area contributed by atoms with Crippen LogP contribution in [-0.2, 0) is 11.5 Å². The first kappa shape index (κ1) is 26.3. The smallest absolute Gasteiger partial charge is 0.370 e. The van der Waals surface area contributed by atoms with Gasteiger partial charge in [0.2, 0.25) is 5.95 Å². The Morgan fingerprint density at radius 3 is 2.52 bits per heavy atom. The van der Waals surface area contributed by atoms with Crippen molar-refractivity contribution in [3.05, 3.63) is 71.3 Å². The van der Waals surface area contributed by atoms with Crippen molar-refractivity contribution in [2.24, 2.45) is 0 Å². The van der Waals surface area contributed by atoms with Gasteiger partial charge in [0.05, 0.1) is 18.2 Å². The van der Waals surface area contributed by atoms with Gasteiger partial charge in [-0.15, -0.1) is 0 Å². The van der Waals surface area contributed by atoms with Crippen molar-refractivity contribution in [1.82, 2.24) is 35.3 Å². The van der Waals surface area contributed by atoms with E-state index in [2.05, 4.69) is 35.6 Å². The number of carbonyl (C=O) groups excluding carboxylic acids is 1. The molecule has 3 saturated heterocycles. The second-order valence-corrected chi connectivity index (χ2v) is 10.8. The SMILES string of the molecule is O=C1NC(F)(F)c2nc(Nc3ncc(-c4nc(C56CCN(CC5)CC6)no4)c(N[C@H](CO)c4ccccc4)n3)ccc21. The normalized spacial score (nSPS) is 22.8. The fraction of sp³-hybridized carbons (Fsp3) is 0.357. The highest BCUT2D eigenvalue weighted by molar-refractivity contribution is 5.99. The van der Waals surface area contributed by atoms with Crippen molar-refractivity contribution in [3.63, 3.8) is 0 Å². The lowest BCUT2D eigenvalue weighted by Crippen LogP contribution is -2.51. The molecule has 1 atom stereocenters. The lowest BCUT2D eigenvalue weighted by Gasteiger charge is -2.46. The minimum absolute atomic E-state index is 0.0215. The predicted molar refractivity (Wildman–Crippen MR) is 146 cm³/mol. The van der Waals surface area contributed by atoms with Gasteiger partial charge in [-0.25, -0.2) is 9.97 Å². The number of rotatable bonds is 8. The summed E-state index contributed by atoms with van der Waals surface area (Å²) in [5.74, 6) is 0.341. The number of aliphatic hydroxyl groups is 1. The summed E-state index contributed by atoms with van der Waals surface area (Å²) >= 11 is 0. The number of hydrogen-bond donors (Lipinski definition) is 4. The number of nitrogens with zero attached hydrogens (tertiary/aromatic N) is 6. The maximum Gasteiger partial charge on any atom is 0.370 e. The maximum absolute atomic E-state index is 14.2. The number of amides is 1. The van der Waals surface area contributed by atoms with E-state index in [1.54, 1.807) is 5.32 Å². The predicted octanol–water partition coefficient (Wildman–Crippen LogP) is 3.34. The second-order valence-electron chi connectivity index (χ2n) is 10.8. The molecule has 4 N–H and O–H groups in total. The molecule has 3 fully saturated rings. The van der Waals surface area contributed by atoms with Crippen LogP contribution in [0.5, 0.6) is 0 Å². The Hall–Kier alpha value is -4.56.